The molecule has 0 aliphatic rings. The largest absolute Gasteiger partial charge is 0.422 e. The Hall–Kier alpha value is -1.22. The molecule has 0 fully saturated rings. The molecule has 0 bridgehead atoms. The van der Waals surface area contributed by atoms with E-state index in [0.29, 0.717) is 10.6 Å². The fourth-order valence-corrected chi connectivity index (χ4v) is 3.41. The zero-order valence-electron chi connectivity index (χ0n) is 10.9. The lowest BCUT2D eigenvalue weighted by atomic mass is 10.2. The van der Waals surface area contributed by atoms with Gasteiger partial charge in [0.1, 0.15) is 10.9 Å². The normalized spacial score (nSPS) is 11.1. The first-order valence-corrected chi connectivity index (χ1v) is 8.99. The predicted molar refractivity (Wildman–Crippen MR) is 83.4 cm³/mol. The minimum atomic E-state index is -2.83. The molecule has 0 aliphatic heterocycles. The number of nitrogens with zero attached hydrogens (tertiary/aromatic N) is 1. The Kier molecular flexibility index (Phi) is 4.92. The van der Waals surface area contributed by atoms with Crippen molar-refractivity contribution in [3.05, 3.63) is 41.3 Å². The van der Waals surface area contributed by atoms with Crippen molar-refractivity contribution in [3.8, 4) is 22.3 Å². The molecule has 2 aromatic rings. The highest BCUT2D eigenvalue weighted by Gasteiger charge is 2.22. The van der Waals surface area contributed by atoms with Gasteiger partial charge in [-0.25, -0.2) is 0 Å². The maximum absolute atomic E-state index is 9.20. The third-order valence-corrected chi connectivity index (χ3v) is 6.02. The second-order valence-electron chi connectivity index (χ2n) is 3.69. The minimum Gasteiger partial charge on any atom is -0.422 e. The van der Waals surface area contributed by atoms with Crippen LogP contribution in [0.2, 0.25) is 0 Å². The zero-order valence-corrected chi connectivity index (χ0v) is 13.4. The highest BCUT2D eigenvalue weighted by molar-refractivity contribution is 8.07. The molecular weight excluding hydrogens is 313 g/mol. The molecule has 20 heavy (non-hydrogen) atoms. The monoisotopic (exact) mass is 325 g/mol. The van der Waals surface area contributed by atoms with Crippen molar-refractivity contribution < 1.29 is 13.6 Å². The first kappa shape index (κ1) is 15.2. The first-order chi connectivity index (χ1) is 9.61. The Morgan fingerprint density at radius 2 is 1.85 bits per heavy atom. The zero-order chi connectivity index (χ0) is 14.6. The average molecular weight is 325 g/mol. The Morgan fingerprint density at radius 1 is 1.20 bits per heavy atom. The van der Waals surface area contributed by atoms with Gasteiger partial charge >= 0.3 is 6.72 Å². The standard InChI is InChI=1S/C13H12NO3PS2/c1-15-18(19,16-2)17-11-8-12(20-13(11)9-14)10-6-4-3-5-7-10/h3-8H,1-2H3. The van der Waals surface area contributed by atoms with Gasteiger partial charge < -0.3 is 13.6 Å². The van der Waals surface area contributed by atoms with E-state index in [9.17, 15) is 5.26 Å². The van der Waals surface area contributed by atoms with Gasteiger partial charge in [-0.15, -0.1) is 11.3 Å². The van der Waals surface area contributed by atoms with E-state index in [2.05, 4.69) is 6.07 Å². The van der Waals surface area contributed by atoms with Crippen molar-refractivity contribution in [2.24, 2.45) is 0 Å². The van der Waals surface area contributed by atoms with Gasteiger partial charge in [-0.2, -0.15) is 5.26 Å². The summed E-state index contributed by atoms with van der Waals surface area (Å²) in [5.74, 6) is 0.406. The summed E-state index contributed by atoms with van der Waals surface area (Å²) in [4.78, 5) is 1.39. The van der Waals surface area contributed by atoms with Crippen LogP contribution in [0.3, 0.4) is 0 Å². The van der Waals surface area contributed by atoms with Crippen LogP contribution in [-0.2, 0) is 20.9 Å². The van der Waals surface area contributed by atoms with Crippen LogP contribution in [0.15, 0.2) is 36.4 Å². The molecule has 0 saturated heterocycles. The second kappa shape index (κ2) is 6.49. The maximum atomic E-state index is 9.20. The third kappa shape index (κ3) is 3.26. The Morgan fingerprint density at radius 3 is 2.40 bits per heavy atom. The van der Waals surface area contributed by atoms with E-state index in [0.717, 1.165) is 10.4 Å². The molecule has 0 saturated carbocycles. The molecule has 0 radical (unpaired) electrons. The van der Waals surface area contributed by atoms with Crippen molar-refractivity contribution in [3.63, 3.8) is 0 Å². The summed E-state index contributed by atoms with van der Waals surface area (Å²) in [6, 6.07) is 13.7. The molecule has 1 aromatic heterocycles. The molecule has 0 aliphatic carbocycles. The summed E-state index contributed by atoms with van der Waals surface area (Å²) in [7, 11) is 2.86. The highest BCUT2D eigenvalue weighted by atomic mass is 32.5. The predicted octanol–water partition coefficient (Wildman–Crippen LogP) is 4.18. The van der Waals surface area contributed by atoms with Gasteiger partial charge in [-0.05, 0) is 5.56 Å². The fourth-order valence-electron chi connectivity index (χ4n) is 1.53. The molecule has 1 heterocycles. The maximum Gasteiger partial charge on any atom is 0.380 e. The lowest BCUT2D eigenvalue weighted by Crippen LogP contribution is -1.96. The van der Waals surface area contributed by atoms with E-state index >= 15 is 0 Å². The van der Waals surface area contributed by atoms with Crippen LogP contribution < -0.4 is 4.52 Å². The summed E-state index contributed by atoms with van der Waals surface area (Å²) in [6.07, 6.45) is 0. The molecule has 7 heteroatoms. The van der Waals surface area contributed by atoms with E-state index in [1.165, 1.54) is 25.6 Å². The molecule has 0 spiro atoms. The van der Waals surface area contributed by atoms with E-state index in [1.807, 2.05) is 30.3 Å². The summed E-state index contributed by atoms with van der Waals surface area (Å²) in [6.45, 7) is -2.83. The molecule has 2 rings (SSSR count). The molecule has 0 amide bonds. The summed E-state index contributed by atoms with van der Waals surface area (Å²) >= 11 is 6.51. The van der Waals surface area contributed by atoms with Crippen molar-refractivity contribution in [2.75, 3.05) is 14.2 Å². The minimum absolute atomic E-state index is 0.406. The lowest BCUT2D eigenvalue weighted by molar-refractivity contribution is 0.273. The Bertz CT molecular complexity index is 671. The smallest absolute Gasteiger partial charge is 0.380 e. The molecule has 1 aromatic carbocycles. The number of benzene rings is 1. The molecule has 0 atom stereocenters. The quantitative estimate of drug-likeness (QED) is 0.772. The number of thiophene rings is 1. The summed E-state index contributed by atoms with van der Waals surface area (Å²) < 4.78 is 15.8. The van der Waals surface area contributed by atoms with E-state index in [4.69, 9.17) is 25.4 Å². The van der Waals surface area contributed by atoms with Gasteiger partial charge in [0.2, 0.25) is 0 Å². The summed E-state index contributed by atoms with van der Waals surface area (Å²) in [5, 5.41) is 9.20. The van der Waals surface area contributed by atoms with E-state index < -0.39 is 6.72 Å². The van der Waals surface area contributed by atoms with Gasteiger partial charge in [0.25, 0.3) is 0 Å². The van der Waals surface area contributed by atoms with Crippen molar-refractivity contribution in [2.45, 2.75) is 0 Å². The number of hydrogen-bond acceptors (Lipinski definition) is 6. The van der Waals surface area contributed by atoms with Crippen molar-refractivity contribution in [1.82, 2.24) is 0 Å². The van der Waals surface area contributed by atoms with Gasteiger partial charge in [0.15, 0.2) is 5.75 Å². The molecule has 0 unspecified atom stereocenters. The number of hydrogen-bond donors (Lipinski definition) is 0. The van der Waals surface area contributed by atoms with Crippen LogP contribution in [0.4, 0.5) is 0 Å². The number of rotatable bonds is 5. The van der Waals surface area contributed by atoms with Crippen LogP contribution in [0, 0.1) is 11.3 Å². The van der Waals surface area contributed by atoms with Crippen LogP contribution in [0.25, 0.3) is 10.4 Å². The Labute approximate surface area is 126 Å². The summed E-state index contributed by atoms with van der Waals surface area (Å²) in [5.41, 5.74) is 1.02. The van der Waals surface area contributed by atoms with Gasteiger partial charge in [-0.3, -0.25) is 0 Å². The second-order valence-corrected chi connectivity index (χ2v) is 7.89. The Balaban J connectivity index is 2.38. The van der Waals surface area contributed by atoms with E-state index in [-0.39, 0.29) is 0 Å². The SMILES string of the molecule is COP(=S)(OC)Oc1cc(-c2ccccc2)sc1C#N. The topological polar surface area (TPSA) is 51.5 Å². The number of nitriles is 1. The third-order valence-electron chi connectivity index (χ3n) is 2.52. The fraction of sp³-hybridized carbons (Fsp3) is 0.154. The van der Waals surface area contributed by atoms with E-state index in [1.54, 1.807) is 6.07 Å². The first-order valence-electron chi connectivity index (χ1n) is 5.62. The van der Waals surface area contributed by atoms with Gasteiger partial charge in [0, 0.05) is 37.0 Å². The van der Waals surface area contributed by atoms with Gasteiger partial charge in [0.05, 0.1) is 0 Å². The average Bonchev–Trinajstić information content (AvgIpc) is 2.90. The van der Waals surface area contributed by atoms with Crippen LogP contribution in [0.1, 0.15) is 4.88 Å². The lowest BCUT2D eigenvalue weighted by Gasteiger charge is -2.17. The highest BCUT2D eigenvalue weighted by Crippen LogP contribution is 2.51. The van der Waals surface area contributed by atoms with Crippen molar-refractivity contribution >= 4 is 29.9 Å². The van der Waals surface area contributed by atoms with Gasteiger partial charge in [-0.1, -0.05) is 30.3 Å². The van der Waals surface area contributed by atoms with Crippen LogP contribution in [0.5, 0.6) is 5.75 Å². The molecule has 104 valence electrons. The molecule has 0 N–H and O–H groups in total. The van der Waals surface area contributed by atoms with Crippen LogP contribution >= 0.6 is 18.1 Å². The molecule has 4 nitrogen and oxygen atoms in total. The van der Waals surface area contributed by atoms with Crippen molar-refractivity contribution in [1.29, 1.82) is 5.26 Å². The molecular formula is C13H12NO3PS2. The van der Waals surface area contributed by atoms with Crippen LogP contribution in [-0.4, -0.2) is 14.2 Å².